The highest BCUT2D eigenvalue weighted by atomic mass is 19.1. The number of aliphatic carboxylic acids is 1. The Morgan fingerprint density at radius 2 is 1.52 bits per heavy atom. The van der Waals surface area contributed by atoms with Crippen molar-refractivity contribution in [3.63, 3.8) is 0 Å². The molecule has 0 saturated heterocycles. The fourth-order valence-electron chi connectivity index (χ4n) is 4.58. The third-order valence-corrected chi connectivity index (χ3v) is 6.75. The molecular formula is C33H30F2N2O5. The van der Waals surface area contributed by atoms with Gasteiger partial charge in [-0.15, -0.1) is 0 Å². The molecule has 0 aliphatic rings. The van der Waals surface area contributed by atoms with Crippen LogP contribution in [0.3, 0.4) is 0 Å². The Balaban J connectivity index is 1.61. The SMILES string of the molecule is COc1cccc(CCN(CCC(=O)O)C(=O)c2ccccc2-c2ccccc2C(=O)NCc2cc(F)ccc2F)c1. The van der Waals surface area contributed by atoms with Crippen LogP contribution in [-0.2, 0) is 17.8 Å². The molecule has 0 atom stereocenters. The van der Waals surface area contributed by atoms with E-state index in [2.05, 4.69) is 5.32 Å². The van der Waals surface area contributed by atoms with Crippen LogP contribution in [0, 0.1) is 11.6 Å². The molecule has 4 aromatic rings. The summed E-state index contributed by atoms with van der Waals surface area (Å²) in [5.41, 5.74) is 2.40. The maximum Gasteiger partial charge on any atom is 0.305 e. The highest BCUT2D eigenvalue weighted by molar-refractivity contribution is 6.06. The molecule has 0 radical (unpaired) electrons. The topological polar surface area (TPSA) is 95.9 Å². The first-order chi connectivity index (χ1) is 20.3. The number of nitrogens with one attached hydrogen (secondary N) is 1. The molecule has 216 valence electrons. The normalized spacial score (nSPS) is 10.6. The second kappa shape index (κ2) is 14.0. The molecule has 4 aromatic carbocycles. The minimum atomic E-state index is -1.03. The lowest BCUT2D eigenvalue weighted by atomic mass is 9.94. The molecule has 42 heavy (non-hydrogen) atoms. The second-order valence-corrected chi connectivity index (χ2v) is 9.55. The Kier molecular flexibility index (Phi) is 9.99. The van der Waals surface area contributed by atoms with E-state index < -0.39 is 23.5 Å². The first-order valence-electron chi connectivity index (χ1n) is 13.3. The number of ether oxygens (including phenoxy) is 1. The molecular weight excluding hydrogens is 542 g/mol. The molecule has 4 rings (SSSR count). The zero-order chi connectivity index (χ0) is 30.1. The first-order valence-corrected chi connectivity index (χ1v) is 13.3. The van der Waals surface area contributed by atoms with Gasteiger partial charge in [0.05, 0.1) is 13.5 Å². The van der Waals surface area contributed by atoms with Gasteiger partial charge in [-0.3, -0.25) is 14.4 Å². The van der Waals surface area contributed by atoms with Gasteiger partial charge in [0.25, 0.3) is 11.8 Å². The number of carboxylic acids is 1. The van der Waals surface area contributed by atoms with Crippen LogP contribution in [0.2, 0.25) is 0 Å². The van der Waals surface area contributed by atoms with Gasteiger partial charge in [-0.05, 0) is 65.6 Å². The van der Waals surface area contributed by atoms with Crippen LogP contribution in [0.1, 0.15) is 38.3 Å². The highest BCUT2D eigenvalue weighted by Crippen LogP contribution is 2.29. The largest absolute Gasteiger partial charge is 0.497 e. The lowest BCUT2D eigenvalue weighted by molar-refractivity contribution is -0.137. The monoisotopic (exact) mass is 572 g/mol. The van der Waals surface area contributed by atoms with Gasteiger partial charge in [0.1, 0.15) is 17.4 Å². The zero-order valence-electron chi connectivity index (χ0n) is 23.0. The summed E-state index contributed by atoms with van der Waals surface area (Å²) in [6, 6.07) is 23.9. The Labute approximate surface area is 242 Å². The standard InChI is InChI=1S/C33H30F2N2O5/c1-42-25-8-6-7-22(19-25)15-17-37(18-16-31(38)39)33(41)29-12-5-3-10-27(29)26-9-2-4-11-28(26)32(40)36-21-23-20-24(34)13-14-30(23)35/h2-14,19-20H,15-18,21H2,1H3,(H,36,40)(H,38,39). The van der Waals surface area contributed by atoms with Crippen molar-refractivity contribution in [3.05, 3.63) is 125 Å². The summed E-state index contributed by atoms with van der Waals surface area (Å²) >= 11 is 0. The molecule has 0 aliphatic heterocycles. The number of rotatable bonds is 12. The fraction of sp³-hybridized carbons (Fsp3) is 0.182. The molecule has 0 fully saturated rings. The van der Waals surface area contributed by atoms with E-state index in [4.69, 9.17) is 4.74 Å². The number of hydrogen-bond donors (Lipinski definition) is 2. The average molecular weight is 573 g/mol. The van der Waals surface area contributed by atoms with Gasteiger partial charge in [-0.2, -0.15) is 0 Å². The van der Waals surface area contributed by atoms with Crippen molar-refractivity contribution in [3.8, 4) is 16.9 Å². The van der Waals surface area contributed by atoms with Crippen LogP contribution in [0.25, 0.3) is 11.1 Å². The maximum absolute atomic E-state index is 14.1. The smallest absolute Gasteiger partial charge is 0.305 e. The molecule has 0 bridgehead atoms. The number of carbonyl (C=O) groups excluding carboxylic acids is 2. The number of hydrogen-bond acceptors (Lipinski definition) is 4. The molecule has 0 unspecified atom stereocenters. The summed E-state index contributed by atoms with van der Waals surface area (Å²) in [5.74, 6) is -2.52. The number of carboxylic acid groups (broad SMARTS) is 1. The van der Waals surface area contributed by atoms with Crippen LogP contribution in [0.5, 0.6) is 5.75 Å². The van der Waals surface area contributed by atoms with Crippen LogP contribution < -0.4 is 10.1 Å². The lowest BCUT2D eigenvalue weighted by Crippen LogP contribution is -2.35. The summed E-state index contributed by atoms with van der Waals surface area (Å²) in [5, 5.41) is 11.9. The van der Waals surface area contributed by atoms with E-state index in [0.717, 1.165) is 23.8 Å². The Hall–Kier alpha value is -5.05. The minimum absolute atomic E-state index is 0.00140. The Morgan fingerprint density at radius 3 is 2.24 bits per heavy atom. The highest BCUT2D eigenvalue weighted by Gasteiger charge is 2.23. The van der Waals surface area contributed by atoms with Crippen molar-refractivity contribution >= 4 is 17.8 Å². The van der Waals surface area contributed by atoms with Gasteiger partial charge >= 0.3 is 5.97 Å². The summed E-state index contributed by atoms with van der Waals surface area (Å²) in [6.07, 6.45) is 0.238. The van der Waals surface area contributed by atoms with Crippen molar-refractivity contribution in [2.45, 2.75) is 19.4 Å². The van der Waals surface area contributed by atoms with E-state index >= 15 is 0 Å². The minimum Gasteiger partial charge on any atom is -0.497 e. The molecule has 9 heteroatoms. The summed E-state index contributed by atoms with van der Waals surface area (Å²) in [6.45, 7) is 0.0212. The van der Waals surface area contributed by atoms with E-state index in [0.29, 0.717) is 28.9 Å². The van der Waals surface area contributed by atoms with Crippen LogP contribution in [0.4, 0.5) is 8.78 Å². The Bertz CT molecular complexity index is 1590. The van der Waals surface area contributed by atoms with Crippen molar-refractivity contribution in [1.29, 1.82) is 0 Å². The lowest BCUT2D eigenvalue weighted by Gasteiger charge is -2.24. The fourth-order valence-corrected chi connectivity index (χ4v) is 4.58. The molecule has 0 aliphatic carbocycles. The van der Waals surface area contributed by atoms with Crippen molar-refractivity contribution < 1.29 is 33.0 Å². The molecule has 2 amide bonds. The van der Waals surface area contributed by atoms with Gasteiger partial charge < -0.3 is 20.1 Å². The quantitative estimate of drug-likeness (QED) is 0.226. The van der Waals surface area contributed by atoms with E-state index in [9.17, 15) is 28.3 Å². The van der Waals surface area contributed by atoms with Crippen LogP contribution >= 0.6 is 0 Å². The number of benzene rings is 4. The van der Waals surface area contributed by atoms with Gasteiger partial charge in [0.15, 0.2) is 0 Å². The van der Waals surface area contributed by atoms with Crippen molar-refractivity contribution in [2.24, 2.45) is 0 Å². The first kappa shape index (κ1) is 29.9. The van der Waals surface area contributed by atoms with Gasteiger partial charge in [-0.25, -0.2) is 8.78 Å². The summed E-state index contributed by atoms with van der Waals surface area (Å²) in [7, 11) is 1.57. The number of amides is 2. The zero-order valence-corrected chi connectivity index (χ0v) is 23.0. The number of carbonyl (C=O) groups is 3. The van der Waals surface area contributed by atoms with Crippen LogP contribution in [-0.4, -0.2) is 48.0 Å². The average Bonchev–Trinajstić information content (AvgIpc) is 3.01. The predicted molar refractivity (Wildman–Crippen MR) is 154 cm³/mol. The van der Waals surface area contributed by atoms with Crippen molar-refractivity contribution in [1.82, 2.24) is 10.2 Å². The number of methoxy groups -OCH3 is 1. The molecule has 0 saturated carbocycles. The molecule has 0 aromatic heterocycles. The summed E-state index contributed by atoms with van der Waals surface area (Å²) in [4.78, 5) is 40.0. The van der Waals surface area contributed by atoms with Gasteiger partial charge in [0.2, 0.25) is 0 Å². The molecule has 7 nitrogen and oxygen atoms in total. The third-order valence-electron chi connectivity index (χ3n) is 6.75. The van der Waals surface area contributed by atoms with E-state index in [1.807, 2.05) is 24.3 Å². The van der Waals surface area contributed by atoms with E-state index in [1.54, 1.807) is 55.6 Å². The van der Waals surface area contributed by atoms with Crippen molar-refractivity contribution in [2.75, 3.05) is 20.2 Å². The predicted octanol–water partition coefficient (Wildman–Crippen LogP) is 5.73. The van der Waals surface area contributed by atoms with Crippen LogP contribution in [0.15, 0.2) is 91.0 Å². The maximum atomic E-state index is 14.1. The van der Waals surface area contributed by atoms with Gasteiger partial charge in [-0.1, -0.05) is 48.5 Å². The number of nitrogens with zero attached hydrogens (tertiary/aromatic N) is 1. The molecule has 0 heterocycles. The van der Waals surface area contributed by atoms with E-state index in [-0.39, 0.29) is 43.1 Å². The third kappa shape index (κ3) is 7.57. The second-order valence-electron chi connectivity index (χ2n) is 9.55. The molecule has 0 spiro atoms. The molecule has 2 N–H and O–H groups in total. The van der Waals surface area contributed by atoms with Gasteiger partial charge in [0, 0.05) is 36.3 Å². The number of halogens is 2. The summed E-state index contributed by atoms with van der Waals surface area (Å²) < 4.78 is 33.0. The Morgan fingerprint density at radius 1 is 0.833 bits per heavy atom. The van der Waals surface area contributed by atoms with E-state index in [1.165, 1.54) is 4.90 Å².